The number of carboxylic acid groups (broad SMARTS) is 1. The van der Waals surface area contributed by atoms with E-state index in [1.807, 2.05) is 31.0 Å². The number of aliphatic hydroxyl groups is 1. The van der Waals surface area contributed by atoms with E-state index in [4.69, 9.17) is 28.3 Å². The molecule has 5 nitrogen and oxygen atoms in total. The molecule has 0 fully saturated rings. The van der Waals surface area contributed by atoms with Gasteiger partial charge in [-0.2, -0.15) is 0 Å². The minimum absolute atomic E-state index is 0.0689. The Hall–Kier alpha value is -1.79. The first kappa shape index (κ1) is 21.5. The van der Waals surface area contributed by atoms with Crippen LogP contribution in [0.2, 0.25) is 10.0 Å². The van der Waals surface area contributed by atoms with Gasteiger partial charge in [-0.3, -0.25) is 4.79 Å². The Kier molecular flexibility index (Phi) is 7.92. The Labute approximate surface area is 169 Å². The van der Waals surface area contributed by atoms with Crippen LogP contribution in [0.3, 0.4) is 0 Å². The van der Waals surface area contributed by atoms with Crippen molar-refractivity contribution in [2.45, 2.75) is 32.8 Å². The van der Waals surface area contributed by atoms with Crippen LogP contribution in [0, 0.1) is 6.92 Å². The second-order valence-corrected chi connectivity index (χ2v) is 7.23. The van der Waals surface area contributed by atoms with E-state index in [2.05, 4.69) is 5.43 Å². The predicted molar refractivity (Wildman–Crippen MR) is 110 cm³/mol. The molecule has 0 aliphatic heterocycles. The number of nitrogens with one attached hydrogen (secondary N) is 1. The number of hydrogen-bond donors (Lipinski definition) is 3. The first-order chi connectivity index (χ1) is 12.8. The molecule has 1 unspecified atom stereocenters. The van der Waals surface area contributed by atoms with Crippen LogP contribution in [-0.2, 0) is 11.2 Å². The predicted octanol–water partition coefficient (Wildman–Crippen LogP) is 4.38. The summed E-state index contributed by atoms with van der Waals surface area (Å²) in [4.78, 5) is 11.0. The molecule has 2 aromatic carbocycles. The van der Waals surface area contributed by atoms with E-state index in [0.717, 1.165) is 23.2 Å². The minimum atomic E-state index is -0.893. The van der Waals surface area contributed by atoms with Gasteiger partial charge >= 0.3 is 5.97 Å². The minimum Gasteiger partial charge on any atom is -0.481 e. The molecular formula is C20H24Cl2N2O3. The van der Waals surface area contributed by atoms with E-state index < -0.39 is 12.1 Å². The molecule has 0 spiro atoms. The van der Waals surface area contributed by atoms with Crippen LogP contribution in [0.1, 0.15) is 36.1 Å². The summed E-state index contributed by atoms with van der Waals surface area (Å²) in [7, 11) is 0. The molecule has 0 bridgehead atoms. The number of carbonyl (C=O) groups is 1. The fraction of sp³-hybridized carbons (Fsp3) is 0.350. The highest BCUT2D eigenvalue weighted by atomic mass is 35.5. The summed E-state index contributed by atoms with van der Waals surface area (Å²) < 4.78 is 0. The van der Waals surface area contributed by atoms with E-state index in [-0.39, 0.29) is 13.0 Å². The van der Waals surface area contributed by atoms with Crippen molar-refractivity contribution in [3.8, 4) is 0 Å². The second-order valence-electron chi connectivity index (χ2n) is 6.39. The third-order valence-electron chi connectivity index (χ3n) is 4.19. The number of nitrogens with zero attached hydrogens (tertiary/aromatic N) is 1. The van der Waals surface area contributed by atoms with Gasteiger partial charge in [0.25, 0.3) is 0 Å². The van der Waals surface area contributed by atoms with Crippen molar-refractivity contribution < 1.29 is 15.0 Å². The fourth-order valence-corrected chi connectivity index (χ4v) is 3.29. The molecule has 3 N–H and O–H groups in total. The monoisotopic (exact) mass is 410 g/mol. The molecule has 7 heteroatoms. The highest BCUT2D eigenvalue weighted by Crippen LogP contribution is 2.29. The molecule has 1 atom stereocenters. The van der Waals surface area contributed by atoms with Gasteiger partial charge in [0.15, 0.2) is 0 Å². The normalized spacial score (nSPS) is 12.0. The largest absolute Gasteiger partial charge is 0.481 e. The number of aryl methyl sites for hydroxylation is 1. The molecule has 0 aromatic heterocycles. The number of hydrazine groups is 1. The van der Waals surface area contributed by atoms with Crippen LogP contribution in [0.25, 0.3) is 0 Å². The number of benzene rings is 2. The molecule has 0 heterocycles. The summed E-state index contributed by atoms with van der Waals surface area (Å²) in [6, 6.07) is 10.7. The van der Waals surface area contributed by atoms with Crippen molar-refractivity contribution >= 4 is 34.9 Å². The zero-order valence-corrected chi connectivity index (χ0v) is 16.9. The summed E-state index contributed by atoms with van der Waals surface area (Å²) in [6.45, 7) is 4.87. The Bertz CT molecular complexity index is 799. The summed E-state index contributed by atoms with van der Waals surface area (Å²) in [5, 5.41) is 22.4. The van der Waals surface area contributed by atoms with Crippen molar-refractivity contribution in [3.63, 3.8) is 0 Å². The molecular weight excluding hydrogens is 387 g/mol. The maximum Gasteiger partial charge on any atom is 0.307 e. The highest BCUT2D eigenvalue weighted by Gasteiger charge is 2.16. The zero-order valence-electron chi connectivity index (χ0n) is 15.4. The lowest BCUT2D eigenvalue weighted by Crippen LogP contribution is -2.41. The van der Waals surface area contributed by atoms with Crippen molar-refractivity contribution in [1.29, 1.82) is 0 Å². The van der Waals surface area contributed by atoms with Crippen LogP contribution in [0.15, 0.2) is 36.4 Å². The number of aliphatic hydroxyl groups excluding tert-OH is 1. The average Bonchev–Trinajstić information content (AvgIpc) is 2.61. The van der Waals surface area contributed by atoms with Crippen LogP contribution in [-0.4, -0.2) is 29.3 Å². The Balaban J connectivity index is 2.17. The van der Waals surface area contributed by atoms with Crippen molar-refractivity contribution in [3.05, 3.63) is 63.1 Å². The number of halogens is 2. The third-order valence-corrected chi connectivity index (χ3v) is 4.73. The summed E-state index contributed by atoms with van der Waals surface area (Å²) >= 11 is 12.4. The van der Waals surface area contributed by atoms with Gasteiger partial charge in [0, 0.05) is 18.1 Å². The van der Waals surface area contributed by atoms with Crippen LogP contribution in [0.5, 0.6) is 0 Å². The van der Waals surface area contributed by atoms with E-state index in [0.29, 0.717) is 22.2 Å². The number of rotatable bonds is 9. The maximum atomic E-state index is 11.0. The lowest BCUT2D eigenvalue weighted by atomic mass is 10.0. The molecule has 0 saturated heterocycles. The average molecular weight is 411 g/mol. The first-order valence-electron chi connectivity index (χ1n) is 8.77. The van der Waals surface area contributed by atoms with Crippen molar-refractivity contribution in [2.75, 3.05) is 18.1 Å². The van der Waals surface area contributed by atoms with Gasteiger partial charge in [0.2, 0.25) is 0 Å². The van der Waals surface area contributed by atoms with Crippen molar-refractivity contribution in [1.82, 2.24) is 5.43 Å². The topological polar surface area (TPSA) is 72.8 Å². The SMILES string of the molecule is CCCN(NCC(O)c1cccc(Cl)c1)c1cc(C)c(CC(=O)O)cc1Cl. The first-order valence-corrected chi connectivity index (χ1v) is 9.52. The molecule has 2 rings (SSSR count). The standard InChI is InChI=1S/C20H24Cl2N2O3/c1-3-7-24(23-12-19(25)14-5-4-6-16(21)9-14)18-8-13(2)15(10-17(18)22)11-20(26)27/h4-6,8-10,19,23,25H,3,7,11-12H2,1-2H3,(H,26,27). The molecule has 2 aromatic rings. The summed E-state index contributed by atoms with van der Waals surface area (Å²) in [6.07, 6.45) is 0.0711. The van der Waals surface area contributed by atoms with Gasteiger partial charge < -0.3 is 15.2 Å². The number of aliphatic carboxylic acids is 1. The molecule has 27 heavy (non-hydrogen) atoms. The smallest absolute Gasteiger partial charge is 0.307 e. The van der Waals surface area contributed by atoms with Gasteiger partial charge in [0.05, 0.1) is 23.2 Å². The van der Waals surface area contributed by atoms with E-state index >= 15 is 0 Å². The molecule has 0 aliphatic carbocycles. The van der Waals surface area contributed by atoms with Gasteiger partial charge in [-0.05, 0) is 54.3 Å². The third kappa shape index (κ3) is 6.11. The second kappa shape index (κ2) is 9.95. The highest BCUT2D eigenvalue weighted by molar-refractivity contribution is 6.33. The molecule has 0 radical (unpaired) electrons. The number of anilines is 1. The molecule has 0 amide bonds. The van der Waals surface area contributed by atoms with E-state index in [1.54, 1.807) is 24.3 Å². The Morgan fingerprint density at radius 1 is 1.26 bits per heavy atom. The van der Waals surface area contributed by atoms with E-state index in [1.165, 1.54) is 0 Å². The maximum absolute atomic E-state index is 11.0. The van der Waals surface area contributed by atoms with Crippen LogP contribution < -0.4 is 10.4 Å². The van der Waals surface area contributed by atoms with Gasteiger partial charge in [-0.1, -0.05) is 42.3 Å². The molecule has 146 valence electrons. The Morgan fingerprint density at radius 3 is 2.63 bits per heavy atom. The van der Waals surface area contributed by atoms with Gasteiger partial charge in [-0.15, -0.1) is 0 Å². The zero-order chi connectivity index (χ0) is 20.0. The van der Waals surface area contributed by atoms with Gasteiger partial charge in [-0.25, -0.2) is 5.43 Å². The summed E-state index contributed by atoms with van der Waals surface area (Å²) in [5.74, 6) is -0.893. The van der Waals surface area contributed by atoms with Crippen LogP contribution in [0.4, 0.5) is 5.69 Å². The quantitative estimate of drug-likeness (QED) is 0.534. The van der Waals surface area contributed by atoms with E-state index in [9.17, 15) is 9.90 Å². The molecule has 0 saturated carbocycles. The fourth-order valence-electron chi connectivity index (χ4n) is 2.80. The Morgan fingerprint density at radius 2 is 2.00 bits per heavy atom. The van der Waals surface area contributed by atoms with Crippen LogP contribution >= 0.6 is 23.2 Å². The lowest BCUT2D eigenvalue weighted by molar-refractivity contribution is -0.136. The summed E-state index contributed by atoms with van der Waals surface area (Å²) in [5.41, 5.74) is 6.25. The number of hydrogen-bond acceptors (Lipinski definition) is 4. The lowest BCUT2D eigenvalue weighted by Gasteiger charge is -2.28. The van der Waals surface area contributed by atoms with Gasteiger partial charge in [0.1, 0.15) is 0 Å². The number of carboxylic acids is 1. The molecule has 0 aliphatic rings. The van der Waals surface area contributed by atoms with Crippen molar-refractivity contribution in [2.24, 2.45) is 0 Å².